The topological polar surface area (TPSA) is 228 Å². The lowest BCUT2D eigenvalue weighted by Gasteiger charge is -2.46. The number of nitrogens with one attached hydrogen (secondary N) is 1. The van der Waals surface area contributed by atoms with Gasteiger partial charge in [0.15, 0.2) is 12.6 Å². The van der Waals surface area contributed by atoms with Crippen LogP contribution in [0.4, 0.5) is 0 Å². The molecule has 65 heavy (non-hydrogen) atoms. The number of carbonyl (C=O) groups excluding carboxylic acids is 1. The Balaban J connectivity index is 1.64. The van der Waals surface area contributed by atoms with E-state index >= 15 is 0 Å². The quantitative estimate of drug-likeness (QED) is 0.0273. The zero-order valence-electron chi connectivity index (χ0n) is 41.0. The minimum absolute atomic E-state index is 0.217. The number of hydrogen-bond acceptors (Lipinski definition) is 13. The van der Waals surface area contributed by atoms with E-state index in [1.165, 1.54) is 141 Å². The fraction of sp³-hybridized carbons (Fsp3) is 0.980. The van der Waals surface area contributed by atoms with Crippen LogP contribution in [0.1, 0.15) is 226 Å². The minimum atomic E-state index is -1.78. The summed E-state index contributed by atoms with van der Waals surface area (Å²) < 4.78 is 22.7. The molecule has 1 amide bonds. The van der Waals surface area contributed by atoms with Gasteiger partial charge in [-0.1, -0.05) is 206 Å². The van der Waals surface area contributed by atoms with Crippen LogP contribution >= 0.6 is 0 Å². The first kappa shape index (κ1) is 60.1. The number of unbranched alkanes of at least 4 members (excludes halogenated alkanes) is 29. The average Bonchev–Trinajstić information content (AvgIpc) is 3.30. The van der Waals surface area contributed by atoms with Crippen molar-refractivity contribution in [3.63, 3.8) is 0 Å². The van der Waals surface area contributed by atoms with Crippen molar-refractivity contribution in [2.75, 3.05) is 19.8 Å². The average molecular weight is 934 g/mol. The predicted molar refractivity (Wildman–Crippen MR) is 254 cm³/mol. The van der Waals surface area contributed by atoms with Gasteiger partial charge >= 0.3 is 0 Å². The smallest absolute Gasteiger partial charge is 0.220 e. The van der Waals surface area contributed by atoms with Crippen LogP contribution in [0.3, 0.4) is 0 Å². The number of hydrogen-bond donors (Lipinski definition) is 9. The van der Waals surface area contributed by atoms with Crippen LogP contribution < -0.4 is 5.32 Å². The molecule has 0 aliphatic carbocycles. The van der Waals surface area contributed by atoms with Gasteiger partial charge in [0.1, 0.15) is 48.8 Å². The molecular weight excluding hydrogens is 835 g/mol. The molecule has 0 spiro atoms. The van der Waals surface area contributed by atoms with Crippen LogP contribution in [-0.4, -0.2) is 140 Å². The second kappa shape index (κ2) is 38.8. The zero-order valence-corrected chi connectivity index (χ0v) is 41.0. The van der Waals surface area contributed by atoms with Gasteiger partial charge in [-0.3, -0.25) is 4.79 Å². The maximum Gasteiger partial charge on any atom is 0.220 e. The molecule has 386 valence electrons. The van der Waals surface area contributed by atoms with E-state index in [4.69, 9.17) is 18.9 Å². The van der Waals surface area contributed by atoms with E-state index in [0.717, 1.165) is 57.8 Å². The molecule has 2 heterocycles. The van der Waals surface area contributed by atoms with Gasteiger partial charge < -0.3 is 65.1 Å². The SMILES string of the molecule is CCCCCCCCCCCCCCCCCCCCCCCCCCCCC(O)C(COC1OC(CO)C(OC2OC(CO)C(O)C(O)C2O)C(O)C1O)NC(=O)CCCCCCC. The first-order chi connectivity index (χ1) is 31.6. The molecule has 0 aromatic carbocycles. The van der Waals surface area contributed by atoms with Crippen LogP contribution in [0.15, 0.2) is 0 Å². The molecule has 0 saturated carbocycles. The van der Waals surface area contributed by atoms with Crippen molar-refractivity contribution in [2.24, 2.45) is 0 Å². The van der Waals surface area contributed by atoms with E-state index < -0.39 is 86.8 Å². The Kier molecular flexibility index (Phi) is 35.9. The van der Waals surface area contributed by atoms with Gasteiger partial charge in [0.25, 0.3) is 0 Å². The van der Waals surface area contributed by atoms with Crippen molar-refractivity contribution in [1.29, 1.82) is 0 Å². The Morgan fingerprint density at radius 1 is 0.492 bits per heavy atom. The second-order valence-electron chi connectivity index (χ2n) is 19.4. The van der Waals surface area contributed by atoms with E-state index in [1.807, 2.05) is 0 Å². The van der Waals surface area contributed by atoms with E-state index in [0.29, 0.717) is 12.8 Å². The Morgan fingerprint density at radius 3 is 1.31 bits per heavy atom. The fourth-order valence-corrected chi connectivity index (χ4v) is 9.18. The highest BCUT2D eigenvalue weighted by molar-refractivity contribution is 5.76. The van der Waals surface area contributed by atoms with Crippen LogP contribution in [0.5, 0.6) is 0 Å². The van der Waals surface area contributed by atoms with E-state index in [9.17, 15) is 45.6 Å². The van der Waals surface area contributed by atoms with Gasteiger partial charge in [-0.25, -0.2) is 0 Å². The molecule has 2 rings (SSSR count). The fourth-order valence-electron chi connectivity index (χ4n) is 9.18. The number of aliphatic hydroxyl groups excluding tert-OH is 8. The molecule has 0 radical (unpaired) electrons. The molecule has 2 aliphatic heterocycles. The Bertz CT molecular complexity index is 1100. The molecule has 14 nitrogen and oxygen atoms in total. The third kappa shape index (κ3) is 26.0. The summed E-state index contributed by atoms with van der Waals surface area (Å²) in [6.07, 6.45) is 23.3. The first-order valence-electron chi connectivity index (χ1n) is 26.8. The zero-order chi connectivity index (χ0) is 47.5. The molecular formula is C51H99NO13. The number of amides is 1. The third-order valence-corrected chi connectivity index (χ3v) is 13.6. The monoisotopic (exact) mass is 934 g/mol. The van der Waals surface area contributed by atoms with Gasteiger partial charge in [0.05, 0.1) is 32.0 Å². The molecule has 2 fully saturated rings. The minimum Gasteiger partial charge on any atom is -0.394 e. The van der Waals surface area contributed by atoms with Crippen LogP contribution in [0, 0.1) is 0 Å². The van der Waals surface area contributed by atoms with Gasteiger partial charge in [0.2, 0.25) is 5.91 Å². The number of aliphatic hydroxyl groups is 8. The van der Waals surface area contributed by atoms with Crippen LogP contribution in [-0.2, 0) is 23.7 Å². The molecule has 12 atom stereocenters. The molecule has 0 aromatic rings. The summed E-state index contributed by atoms with van der Waals surface area (Å²) >= 11 is 0. The number of carbonyl (C=O) groups is 1. The van der Waals surface area contributed by atoms with E-state index in [2.05, 4.69) is 19.2 Å². The summed E-state index contributed by atoms with van der Waals surface area (Å²) in [5, 5.41) is 86.5. The van der Waals surface area contributed by atoms with Crippen molar-refractivity contribution < 1.29 is 64.6 Å². The third-order valence-electron chi connectivity index (χ3n) is 13.6. The summed E-state index contributed by atoms with van der Waals surface area (Å²) in [4.78, 5) is 13.0. The summed E-state index contributed by atoms with van der Waals surface area (Å²) in [5.74, 6) is -0.217. The van der Waals surface area contributed by atoms with E-state index in [1.54, 1.807) is 0 Å². The second-order valence-corrected chi connectivity index (χ2v) is 19.4. The van der Waals surface area contributed by atoms with Gasteiger partial charge in [-0.05, 0) is 12.8 Å². The lowest BCUT2D eigenvalue weighted by atomic mass is 9.97. The van der Waals surface area contributed by atoms with Crippen molar-refractivity contribution in [3.8, 4) is 0 Å². The van der Waals surface area contributed by atoms with Crippen molar-refractivity contribution in [2.45, 2.75) is 299 Å². The maximum absolute atomic E-state index is 13.0. The number of rotatable bonds is 42. The lowest BCUT2D eigenvalue weighted by molar-refractivity contribution is -0.359. The molecule has 0 aromatic heterocycles. The molecule has 12 unspecified atom stereocenters. The van der Waals surface area contributed by atoms with Crippen LogP contribution in [0.2, 0.25) is 0 Å². The summed E-state index contributed by atoms with van der Waals surface area (Å²) in [5.41, 5.74) is 0. The highest BCUT2D eigenvalue weighted by atomic mass is 16.7. The summed E-state index contributed by atoms with van der Waals surface area (Å²) in [6, 6.07) is -0.819. The van der Waals surface area contributed by atoms with Gasteiger partial charge in [-0.15, -0.1) is 0 Å². The van der Waals surface area contributed by atoms with Crippen molar-refractivity contribution in [3.05, 3.63) is 0 Å². The standard InChI is InChI=1S/C51H99NO13/c1-3-5-7-9-10-11-12-13-14-15-16-17-18-19-20-21-22-23-24-25-26-27-28-29-31-32-34-40(55)39(52-43(56)35-33-30-8-6-4-2)38-62-50-48(61)46(59)49(42(37-54)64-50)65-51-47(60)45(58)44(57)41(36-53)63-51/h39-42,44-51,53-55,57-61H,3-38H2,1-2H3,(H,52,56). The normalized spacial score (nSPS) is 26.9. The largest absolute Gasteiger partial charge is 0.394 e. The lowest BCUT2D eigenvalue weighted by Crippen LogP contribution is -2.65. The predicted octanol–water partition coefficient (Wildman–Crippen LogP) is 7.39. The van der Waals surface area contributed by atoms with Crippen molar-refractivity contribution in [1.82, 2.24) is 5.32 Å². The Hall–Kier alpha value is -1.01. The first-order valence-corrected chi connectivity index (χ1v) is 26.8. The van der Waals surface area contributed by atoms with Crippen molar-refractivity contribution >= 4 is 5.91 Å². The highest BCUT2D eigenvalue weighted by Crippen LogP contribution is 2.30. The highest BCUT2D eigenvalue weighted by Gasteiger charge is 2.51. The Morgan fingerprint density at radius 2 is 0.877 bits per heavy atom. The number of ether oxygens (including phenoxy) is 4. The van der Waals surface area contributed by atoms with Gasteiger partial charge in [-0.2, -0.15) is 0 Å². The maximum atomic E-state index is 13.0. The molecule has 9 N–H and O–H groups in total. The summed E-state index contributed by atoms with van der Waals surface area (Å²) in [7, 11) is 0. The molecule has 2 saturated heterocycles. The van der Waals surface area contributed by atoms with Crippen LogP contribution in [0.25, 0.3) is 0 Å². The molecule has 0 bridgehead atoms. The van der Waals surface area contributed by atoms with E-state index in [-0.39, 0.29) is 12.5 Å². The molecule has 2 aliphatic rings. The Labute approximate surface area is 393 Å². The molecule has 14 heteroatoms. The summed E-state index contributed by atoms with van der Waals surface area (Å²) in [6.45, 7) is 2.77. The van der Waals surface area contributed by atoms with Gasteiger partial charge in [0, 0.05) is 6.42 Å².